The van der Waals surface area contributed by atoms with Crippen molar-refractivity contribution in [2.24, 2.45) is 0 Å². The molecule has 0 spiro atoms. The highest BCUT2D eigenvalue weighted by molar-refractivity contribution is 6.45. The molecule has 4 nitrogen and oxygen atoms in total. The van der Waals surface area contributed by atoms with Crippen molar-refractivity contribution in [1.82, 2.24) is 4.90 Å². The van der Waals surface area contributed by atoms with Gasteiger partial charge in [-0.2, -0.15) is 0 Å². The Morgan fingerprint density at radius 3 is 2.10 bits per heavy atom. The van der Waals surface area contributed by atoms with Gasteiger partial charge in [0, 0.05) is 13.1 Å². The number of hydrogen-bond donors (Lipinski definition) is 0. The molecule has 0 N–H and O–H groups in total. The van der Waals surface area contributed by atoms with Crippen molar-refractivity contribution in [2.75, 3.05) is 18.0 Å². The largest absolute Gasteiger partial charge is 0.366 e. The number of imide groups is 1. The quantitative estimate of drug-likeness (QED) is 0.706. The Balaban J connectivity index is 1.81. The number of aryl methyl sites for hydroxylation is 2. The molecule has 1 fully saturated rings. The zero-order valence-electron chi connectivity index (χ0n) is 17.7. The zero-order valence-corrected chi connectivity index (χ0v) is 17.7. The lowest BCUT2D eigenvalue weighted by Gasteiger charge is -2.20. The fraction of sp³-hybridized carbons (Fsp3) is 0.360. The molecular formula is C25H28N2O2. The van der Waals surface area contributed by atoms with Gasteiger partial charge in [0.25, 0.3) is 11.8 Å². The maximum Gasteiger partial charge on any atom is 0.282 e. The van der Waals surface area contributed by atoms with Crippen LogP contribution in [0, 0.1) is 13.8 Å². The van der Waals surface area contributed by atoms with E-state index in [1.165, 1.54) is 10.5 Å². The standard InChI is InChI=1S/C25H28N2O2/c1-16(2)19-8-10-20(11-9-19)27-24(28)22(21-12-7-17(3)15-18(21)4)23(25(27)29)26-13-5-6-14-26/h7-12,15-16H,5-6,13-14H2,1-4H3. The summed E-state index contributed by atoms with van der Waals surface area (Å²) in [4.78, 5) is 30.5. The van der Waals surface area contributed by atoms with Gasteiger partial charge in [0.2, 0.25) is 0 Å². The van der Waals surface area contributed by atoms with Gasteiger partial charge in [-0.3, -0.25) is 9.59 Å². The van der Waals surface area contributed by atoms with Crippen LogP contribution in [-0.2, 0) is 9.59 Å². The predicted octanol–water partition coefficient (Wildman–Crippen LogP) is 4.81. The lowest BCUT2D eigenvalue weighted by Crippen LogP contribution is -2.34. The maximum absolute atomic E-state index is 13.6. The van der Waals surface area contributed by atoms with E-state index in [4.69, 9.17) is 0 Å². The molecule has 0 unspecified atom stereocenters. The normalized spacial score (nSPS) is 17.3. The molecule has 0 aromatic heterocycles. The van der Waals surface area contributed by atoms with E-state index in [0.29, 0.717) is 22.9 Å². The Morgan fingerprint density at radius 1 is 0.862 bits per heavy atom. The van der Waals surface area contributed by atoms with Crippen LogP contribution in [0.4, 0.5) is 5.69 Å². The third kappa shape index (κ3) is 3.37. The molecular weight excluding hydrogens is 360 g/mol. The predicted molar refractivity (Wildman–Crippen MR) is 117 cm³/mol. The van der Waals surface area contributed by atoms with E-state index in [1.54, 1.807) is 0 Å². The Morgan fingerprint density at radius 2 is 1.52 bits per heavy atom. The Bertz CT molecular complexity index is 996. The maximum atomic E-state index is 13.6. The summed E-state index contributed by atoms with van der Waals surface area (Å²) in [6.07, 6.45) is 2.10. The molecule has 4 rings (SSSR count). The molecule has 2 aromatic carbocycles. The van der Waals surface area contributed by atoms with Gasteiger partial charge in [-0.25, -0.2) is 4.90 Å². The number of likely N-dealkylation sites (tertiary alicyclic amines) is 1. The molecule has 0 radical (unpaired) electrons. The summed E-state index contributed by atoms with van der Waals surface area (Å²) in [6, 6.07) is 13.8. The van der Waals surface area contributed by atoms with Crippen molar-refractivity contribution in [3.63, 3.8) is 0 Å². The molecule has 1 saturated heterocycles. The summed E-state index contributed by atoms with van der Waals surface area (Å²) in [5.41, 5.74) is 5.96. The van der Waals surface area contributed by atoms with Crippen LogP contribution in [0.5, 0.6) is 0 Å². The number of hydrogen-bond acceptors (Lipinski definition) is 3. The summed E-state index contributed by atoms with van der Waals surface area (Å²) in [6.45, 7) is 9.95. The summed E-state index contributed by atoms with van der Waals surface area (Å²) >= 11 is 0. The molecule has 2 aromatic rings. The number of nitrogens with zero attached hydrogens (tertiary/aromatic N) is 2. The molecule has 0 aliphatic carbocycles. The average Bonchev–Trinajstić information content (AvgIpc) is 3.28. The third-order valence-corrected chi connectivity index (χ3v) is 5.95. The van der Waals surface area contributed by atoms with E-state index >= 15 is 0 Å². The molecule has 0 atom stereocenters. The van der Waals surface area contributed by atoms with Gasteiger partial charge in [0.15, 0.2) is 0 Å². The van der Waals surface area contributed by atoms with Crippen molar-refractivity contribution in [3.8, 4) is 0 Å². The highest BCUT2D eigenvalue weighted by Gasteiger charge is 2.43. The number of rotatable bonds is 4. The fourth-order valence-electron chi connectivity index (χ4n) is 4.33. The lowest BCUT2D eigenvalue weighted by molar-refractivity contribution is -0.120. The van der Waals surface area contributed by atoms with E-state index in [2.05, 4.69) is 24.8 Å². The highest BCUT2D eigenvalue weighted by atomic mass is 16.2. The number of benzene rings is 2. The smallest absolute Gasteiger partial charge is 0.282 e. The van der Waals surface area contributed by atoms with Crippen LogP contribution in [0.1, 0.15) is 54.9 Å². The number of amides is 2. The Labute approximate surface area is 172 Å². The van der Waals surface area contributed by atoms with Gasteiger partial charge < -0.3 is 4.90 Å². The Kier molecular flexibility index (Phi) is 5.03. The van der Waals surface area contributed by atoms with Crippen LogP contribution in [0.2, 0.25) is 0 Å². The van der Waals surface area contributed by atoms with Crippen LogP contribution in [-0.4, -0.2) is 29.8 Å². The molecule has 2 amide bonds. The molecule has 2 aliphatic heterocycles. The van der Waals surface area contributed by atoms with Gasteiger partial charge in [0.1, 0.15) is 5.70 Å². The SMILES string of the molecule is Cc1ccc(C2=C(N3CCCC3)C(=O)N(c3ccc(C(C)C)cc3)C2=O)c(C)c1. The fourth-order valence-corrected chi connectivity index (χ4v) is 4.33. The first kappa shape index (κ1) is 19.4. The zero-order chi connectivity index (χ0) is 20.7. The molecule has 2 heterocycles. The van der Waals surface area contributed by atoms with Gasteiger partial charge in [-0.05, 0) is 61.4 Å². The van der Waals surface area contributed by atoms with Crippen LogP contribution >= 0.6 is 0 Å². The summed E-state index contributed by atoms with van der Waals surface area (Å²) in [5, 5.41) is 0. The van der Waals surface area contributed by atoms with Gasteiger partial charge in [-0.15, -0.1) is 0 Å². The first-order valence-electron chi connectivity index (χ1n) is 10.4. The van der Waals surface area contributed by atoms with Gasteiger partial charge in [0.05, 0.1) is 11.3 Å². The van der Waals surface area contributed by atoms with E-state index in [-0.39, 0.29) is 11.8 Å². The van der Waals surface area contributed by atoms with E-state index in [0.717, 1.165) is 42.6 Å². The minimum atomic E-state index is -0.221. The molecule has 0 bridgehead atoms. The minimum absolute atomic E-state index is 0.204. The monoisotopic (exact) mass is 388 g/mol. The first-order chi connectivity index (χ1) is 13.9. The van der Waals surface area contributed by atoms with Gasteiger partial charge in [-0.1, -0.05) is 49.7 Å². The second-order valence-corrected chi connectivity index (χ2v) is 8.43. The van der Waals surface area contributed by atoms with Crippen molar-refractivity contribution in [2.45, 2.75) is 46.5 Å². The molecule has 2 aliphatic rings. The third-order valence-electron chi connectivity index (χ3n) is 5.95. The van der Waals surface area contributed by atoms with E-state index in [9.17, 15) is 9.59 Å². The highest BCUT2D eigenvalue weighted by Crippen LogP contribution is 2.37. The minimum Gasteiger partial charge on any atom is -0.366 e. The number of carbonyl (C=O) groups excluding carboxylic acids is 2. The van der Waals surface area contributed by atoms with Crippen LogP contribution in [0.15, 0.2) is 48.2 Å². The summed E-state index contributed by atoms with van der Waals surface area (Å²) in [7, 11) is 0. The van der Waals surface area contributed by atoms with Crippen molar-refractivity contribution in [3.05, 3.63) is 70.4 Å². The topological polar surface area (TPSA) is 40.6 Å². The first-order valence-corrected chi connectivity index (χ1v) is 10.4. The second kappa shape index (κ2) is 7.51. The molecule has 0 saturated carbocycles. The molecule has 29 heavy (non-hydrogen) atoms. The van der Waals surface area contributed by atoms with E-state index < -0.39 is 0 Å². The van der Waals surface area contributed by atoms with Crippen LogP contribution in [0.25, 0.3) is 5.57 Å². The second-order valence-electron chi connectivity index (χ2n) is 8.43. The average molecular weight is 389 g/mol. The number of anilines is 1. The van der Waals surface area contributed by atoms with Crippen molar-refractivity contribution in [1.29, 1.82) is 0 Å². The van der Waals surface area contributed by atoms with Crippen LogP contribution in [0.3, 0.4) is 0 Å². The Hall–Kier alpha value is -2.88. The molecule has 150 valence electrons. The molecule has 4 heteroatoms. The summed E-state index contributed by atoms with van der Waals surface area (Å²) in [5.74, 6) is -0.0246. The van der Waals surface area contributed by atoms with Crippen molar-refractivity contribution < 1.29 is 9.59 Å². The summed E-state index contributed by atoms with van der Waals surface area (Å²) < 4.78 is 0. The lowest BCUT2D eigenvalue weighted by atomic mass is 9.97. The number of carbonyl (C=O) groups is 2. The van der Waals surface area contributed by atoms with Crippen LogP contribution < -0.4 is 4.90 Å². The van der Waals surface area contributed by atoms with E-state index in [1.807, 2.05) is 50.2 Å². The van der Waals surface area contributed by atoms with Crippen molar-refractivity contribution >= 4 is 23.1 Å². The van der Waals surface area contributed by atoms with Gasteiger partial charge >= 0.3 is 0 Å².